The Balaban J connectivity index is 2.36. The van der Waals surface area contributed by atoms with Crippen LogP contribution >= 0.6 is 11.8 Å². The lowest BCUT2D eigenvalue weighted by atomic mass is 10.1. The number of nitrogens with zero attached hydrogens (tertiary/aromatic N) is 1. The van der Waals surface area contributed by atoms with E-state index in [4.69, 9.17) is 5.26 Å². The fraction of sp³-hybridized carbons (Fsp3) is 0.818. The van der Waals surface area contributed by atoms with Gasteiger partial charge in [-0.25, -0.2) is 0 Å². The van der Waals surface area contributed by atoms with Crippen LogP contribution in [-0.2, 0) is 4.79 Å². The van der Waals surface area contributed by atoms with E-state index in [0.29, 0.717) is 11.7 Å². The van der Waals surface area contributed by atoms with E-state index in [-0.39, 0.29) is 11.9 Å². The van der Waals surface area contributed by atoms with Gasteiger partial charge in [0, 0.05) is 11.3 Å². The van der Waals surface area contributed by atoms with Crippen molar-refractivity contribution in [3.05, 3.63) is 0 Å². The molecular weight excluding hydrogens is 208 g/mol. The number of carbonyl (C=O) groups is 1. The third-order valence-corrected chi connectivity index (χ3v) is 4.04. The van der Waals surface area contributed by atoms with Crippen molar-refractivity contribution < 1.29 is 4.79 Å². The molecule has 4 heteroatoms. The molecular formula is C11H18N2OS. The Morgan fingerprint density at radius 3 is 2.87 bits per heavy atom. The smallest absolute Gasteiger partial charge is 0.237 e. The van der Waals surface area contributed by atoms with Gasteiger partial charge in [0.2, 0.25) is 5.91 Å². The highest BCUT2D eigenvalue weighted by Gasteiger charge is 2.27. The van der Waals surface area contributed by atoms with Crippen molar-refractivity contribution in [1.29, 1.82) is 5.26 Å². The second kappa shape index (κ2) is 6.02. The Hall–Kier alpha value is -0.690. The summed E-state index contributed by atoms with van der Waals surface area (Å²) < 4.78 is 0. The lowest BCUT2D eigenvalue weighted by molar-refractivity contribution is -0.124. The van der Waals surface area contributed by atoms with Gasteiger partial charge in [0.1, 0.15) is 5.92 Å². The fourth-order valence-electron chi connectivity index (χ4n) is 1.92. The van der Waals surface area contributed by atoms with Crippen molar-refractivity contribution in [1.82, 2.24) is 5.32 Å². The lowest BCUT2D eigenvalue weighted by Gasteiger charge is -2.14. The van der Waals surface area contributed by atoms with Gasteiger partial charge in [-0.05, 0) is 31.9 Å². The zero-order chi connectivity index (χ0) is 11.3. The maximum atomic E-state index is 11.6. The molecule has 1 amide bonds. The Labute approximate surface area is 95.6 Å². The number of thioether (sulfide) groups is 1. The van der Waals surface area contributed by atoms with Crippen molar-refractivity contribution in [2.45, 2.75) is 43.9 Å². The van der Waals surface area contributed by atoms with Crippen LogP contribution in [0.2, 0.25) is 0 Å². The number of nitriles is 1. The summed E-state index contributed by atoms with van der Waals surface area (Å²) in [7, 11) is 0. The summed E-state index contributed by atoms with van der Waals surface area (Å²) in [5.74, 6) is -0.565. The number of hydrogen-bond acceptors (Lipinski definition) is 3. The Morgan fingerprint density at radius 1 is 1.67 bits per heavy atom. The average molecular weight is 226 g/mol. The molecule has 0 heterocycles. The van der Waals surface area contributed by atoms with Gasteiger partial charge >= 0.3 is 0 Å². The van der Waals surface area contributed by atoms with Crippen LogP contribution in [0.15, 0.2) is 0 Å². The van der Waals surface area contributed by atoms with E-state index in [0.717, 1.165) is 12.8 Å². The van der Waals surface area contributed by atoms with Crippen molar-refractivity contribution in [3.8, 4) is 6.07 Å². The van der Waals surface area contributed by atoms with Gasteiger partial charge in [-0.2, -0.15) is 17.0 Å². The van der Waals surface area contributed by atoms with E-state index in [2.05, 4.69) is 11.6 Å². The van der Waals surface area contributed by atoms with Gasteiger partial charge in [0.15, 0.2) is 0 Å². The van der Waals surface area contributed by atoms with E-state index >= 15 is 0 Å². The third-order valence-electron chi connectivity index (χ3n) is 2.94. The highest BCUT2D eigenvalue weighted by atomic mass is 32.2. The fourth-order valence-corrected chi connectivity index (χ4v) is 2.72. The van der Waals surface area contributed by atoms with Crippen molar-refractivity contribution in [3.63, 3.8) is 0 Å². The average Bonchev–Trinajstić information content (AvgIpc) is 2.67. The van der Waals surface area contributed by atoms with Crippen LogP contribution in [0.1, 0.15) is 32.6 Å². The van der Waals surface area contributed by atoms with Crippen LogP contribution in [-0.4, -0.2) is 23.5 Å². The first-order chi connectivity index (χ1) is 7.21. The molecule has 0 spiro atoms. The molecule has 0 aromatic rings. The van der Waals surface area contributed by atoms with Crippen LogP contribution in [0.4, 0.5) is 0 Å². The Morgan fingerprint density at radius 2 is 2.40 bits per heavy atom. The van der Waals surface area contributed by atoms with E-state index < -0.39 is 5.92 Å². The Kier molecular flexibility index (Phi) is 4.97. The summed E-state index contributed by atoms with van der Waals surface area (Å²) in [6.45, 7) is 1.87. The largest absolute Gasteiger partial charge is 0.352 e. The molecule has 0 radical (unpaired) electrons. The van der Waals surface area contributed by atoms with Gasteiger partial charge in [-0.1, -0.05) is 6.92 Å². The normalized spacial score (nSPS) is 27.0. The minimum absolute atomic E-state index is 0.0910. The molecule has 15 heavy (non-hydrogen) atoms. The molecule has 1 aliphatic carbocycles. The third kappa shape index (κ3) is 3.42. The second-order valence-electron chi connectivity index (χ2n) is 3.97. The molecule has 1 fully saturated rings. The highest BCUT2D eigenvalue weighted by Crippen LogP contribution is 2.28. The monoisotopic (exact) mass is 226 g/mol. The topological polar surface area (TPSA) is 52.9 Å². The number of hydrogen-bond donors (Lipinski definition) is 1. The summed E-state index contributed by atoms with van der Waals surface area (Å²) in [5.41, 5.74) is 0. The molecule has 1 rings (SSSR count). The number of rotatable bonds is 4. The molecule has 0 aromatic carbocycles. The molecule has 1 saturated carbocycles. The SMILES string of the molecule is CCC(C#N)C(=O)NC1CCC(SC)C1. The Bertz CT molecular complexity index is 262. The second-order valence-corrected chi connectivity index (χ2v) is 5.10. The van der Waals surface area contributed by atoms with E-state index in [9.17, 15) is 4.79 Å². The summed E-state index contributed by atoms with van der Waals surface area (Å²) >= 11 is 1.87. The highest BCUT2D eigenvalue weighted by molar-refractivity contribution is 7.99. The zero-order valence-electron chi connectivity index (χ0n) is 9.32. The first-order valence-electron chi connectivity index (χ1n) is 5.44. The molecule has 0 aromatic heterocycles. The maximum Gasteiger partial charge on any atom is 0.237 e. The van der Waals surface area contributed by atoms with Gasteiger partial charge in [0.25, 0.3) is 0 Å². The van der Waals surface area contributed by atoms with Crippen LogP contribution < -0.4 is 5.32 Å². The van der Waals surface area contributed by atoms with Crippen LogP contribution in [0.25, 0.3) is 0 Å². The number of nitrogens with one attached hydrogen (secondary N) is 1. The molecule has 3 nitrogen and oxygen atoms in total. The van der Waals surface area contributed by atoms with Crippen LogP contribution in [0.5, 0.6) is 0 Å². The molecule has 84 valence electrons. The molecule has 0 bridgehead atoms. The predicted octanol–water partition coefficient (Wildman–Crippen LogP) is 1.94. The quantitative estimate of drug-likeness (QED) is 0.797. The first-order valence-corrected chi connectivity index (χ1v) is 6.72. The molecule has 1 aliphatic rings. The predicted molar refractivity (Wildman–Crippen MR) is 62.5 cm³/mol. The standard InChI is InChI=1S/C11H18N2OS/c1-3-8(7-12)11(14)13-9-4-5-10(6-9)15-2/h8-10H,3-6H2,1-2H3,(H,13,14). The summed E-state index contributed by atoms with van der Waals surface area (Å²) in [5, 5.41) is 12.4. The van der Waals surface area contributed by atoms with Crippen LogP contribution in [0, 0.1) is 17.2 Å². The van der Waals surface area contributed by atoms with Crippen molar-refractivity contribution in [2.24, 2.45) is 5.92 Å². The minimum atomic E-state index is -0.474. The lowest BCUT2D eigenvalue weighted by Crippen LogP contribution is -2.37. The van der Waals surface area contributed by atoms with Gasteiger partial charge in [-0.15, -0.1) is 0 Å². The molecule has 3 atom stereocenters. The van der Waals surface area contributed by atoms with Gasteiger partial charge in [-0.3, -0.25) is 4.79 Å². The maximum absolute atomic E-state index is 11.6. The van der Waals surface area contributed by atoms with Crippen molar-refractivity contribution >= 4 is 17.7 Å². The minimum Gasteiger partial charge on any atom is -0.352 e. The number of amides is 1. The summed E-state index contributed by atoms with van der Waals surface area (Å²) in [6.07, 6.45) is 5.99. The van der Waals surface area contributed by atoms with Crippen LogP contribution in [0.3, 0.4) is 0 Å². The zero-order valence-corrected chi connectivity index (χ0v) is 10.1. The molecule has 0 aliphatic heterocycles. The van der Waals surface area contributed by atoms with E-state index in [1.807, 2.05) is 24.8 Å². The van der Waals surface area contributed by atoms with Crippen molar-refractivity contribution in [2.75, 3.05) is 6.26 Å². The summed E-state index contributed by atoms with van der Waals surface area (Å²) in [4.78, 5) is 11.6. The molecule has 0 saturated heterocycles. The molecule has 1 N–H and O–H groups in total. The number of carbonyl (C=O) groups excluding carboxylic acids is 1. The van der Waals surface area contributed by atoms with Gasteiger partial charge < -0.3 is 5.32 Å². The van der Waals surface area contributed by atoms with E-state index in [1.165, 1.54) is 6.42 Å². The first kappa shape index (κ1) is 12.4. The summed E-state index contributed by atoms with van der Waals surface area (Å²) in [6, 6.07) is 2.32. The van der Waals surface area contributed by atoms with Gasteiger partial charge in [0.05, 0.1) is 6.07 Å². The van der Waals surface area contributed by atoms with E-state index in [1.54, 1.807) is 0 Å². The molecule has 3 unspecified atom stereocenters.